The van der Waals surface area contributed by atoms with Crippen molar-refractivity contribution in [1.29, 1.82) is 0 Å². The number of hydrogen-bond donors (Lipinski definition) is 2. The number of nitrogens with two attached hydrogens (primary N) is 1. The third kappa shape index (κ3) is 2.49. The van der Waals surface area contributed by atoms with Crippen LogP contribution in [0.5, 0.6) is 0 Å². The molecule has 6 nitrogen and oxygen atoms in total. The monoisotopic (exact) mass is 296 g/mol. The van der Waals surface area contributed by atoms with Gasteiger partial charge in [0, 0.05) is 5.69 Å². The van der Waals surface area contributed by atoms with Crippen molar-refractivity contribution in [1.82, 2.24) is 0 Å². The number of anilines is 3. The average molecular weight is 296 g/mol. The summed E-state index contributed by atoms with van der Waals surface area (Å²) in [7, 11) is 0. The third-order valence-electron chi connectivity index (χ3n) is 3.21. The van der Waals surface area contributed by atoms with Gasteiger partial charge in [0.05, 0.1) is 33.6 Å². The van der Waals surface area contributed by atoms with Crippen LogP contribution in [0, 0.1) is 0 Å². The van der Waals surface area contributed by atoms with E-state index in [-0.39, 0.29) is 33.6 Å². The molecular formula is C16H12N2O4. The van der Waals surface area contributed by atoms with Crippen LogP contribution in [0.2, 0.25) is 0 Å². The van der Waals surface area contributed by atoms with E-state index < -0.39 is 0 Å². The maximum atomic E-state index is 11.4. The molecule has 2 aromatic rings. The van der Waals surface area contributed by atoms with Gasteiger partial charge in [0.15, 0.2) is 25.1 Å². The van der Waals surface area contributed by atoms with Crippen LogP contribution in [0.3, 0.4) is 0 Å². The van der Waals surface area contributed by atoms with Crippen LogP contribution in [-0.2, 0) is 0 Å². The smallest absolute Gasteiger partial charge is 0.152 e. The number of hydrogen-bond acceptors (Lipinski definition) is 6. The lowest BCUT2D eigenvalue weighted by Crippen LogP contribution is -2.11. The zero-order chi connectivity index (χ0) is 16.1. The number of nitrogen functional groups attached to an aromatic ring is 1. The summed E-state index contributed by atoms with van der Waals surface area (Å²) in [5, 5.41) is 2.88. The third-order valence-corrected chi connectivity index (χ3v) is 3.21. The summed E-state index contributed by atoms with van der Waals surface area (Å²) >= 11 is 0. The maximum Gasteiger partial charge on any atom is 0.152 e. The first-order valence-electron chi connectivity index (χ1n) is 6.30. The Balaban J connectivity index is 2.79. The van der Waals surface area contributed by atoms with E-state index in [1.807, 2.05) is 0 Å². The normalized spacial score (nSPS) is 9.82. The standard InChI is InChI=1S/C16H12N2O4/c17-15-11(6-19)13(8-21)16(14(9-22)12(15)7-20)18-10-4-2-1-3-5-10/h1-9,18H,17H2. The molecule has 2 aromatic carbocycles. The topological polar surface area (TPSA) is 106 Å². The summed E-state index contributed by atoms with van der Waals surface area (Å²) in [6.07, 6.45) is 1.62. The maximum absolute atomic E-state index is 11.4. The molecule has 0 aliphatic rings. The Morgan fingerprint density at radius 3 is 1.59 bits per heavy atom. The van der Waals surface area contributed by atoms with Crippen LogP contribution in [0.4, 0.5) is 17.1 Å². The number of para-hydroxylation sites is 1. The minimum absolute atomic E-state index is 0.0657. The number of carbonyl (C=O) groups excluding carboxylic acids is 4. The second-order valence-corrected chi connectivity index (χ2v) is 4.41. The molecular weight excluding hydrogens is 284 g/mol. The molecule has 3 N–H and O–H groups in total. The van der Waals surface area contributed by atoms with Crippen LogP contribution >= 0.6 is 0 Å². The first-order valence-corrected chi connectivity index (χ1v) is 6.30. The largest absolute Gasteiger partial charge is 0.398 e. The van der Waals surface area contributed by atoms with E-state index in [9.17, 15) is 19.2 Å². The Bertz CT molecular complexity index is 713. The highest BCUT2D eigenvalue weighted by atomic mass is 16.1. The molecule has 0 bridgehead atoms. The Hall–Kier alpha value is -3.28. The fraction of sp³-hybridized carbons (Fsp3) is 0. The molecule has 0 fully saturated rings. The van der Waals surface area contributed by atoms with Crippen molar-refractivity contribution in [3.8, 4) is 0 Å². The molecule has 0 unspecified atom stereocenters. The molecule has 110 valence electrons. The fourth-order valence-electron chi connectivity index (χ4n) is 2.15. The van der Waals surface area contributed by atoms with Gasteiger partial charge in [-0.05, 0) is 12.1 Å². The molecule has 0 amide bonds. The molecule has 0 saturated carbocycles. The summed E-state index contributed by atoms with van der Waals surface area (Å²) in [5.74, 6) is 0. The van der Waals surface area contributed by atoms with Crippen LogP contribution in [0.25, 0.3) is 0 Å². The van der Waals surface area contributed by atoms with Crippen LogP contribution in [0.15, 0.2) is 30.3 Å². The molecule has 6 heteroatoms. The van der Waals surface area contributed by atoms with Crippen molar-refractivity contribution in [2.75, 3.05) is 11.1 Å². The lowest BCUT2D eigenvalue weighted by molar-refractivity contribution is 0.108. The van der Waals surface area contributed by atoms with Crippen molar-refractivity contribution in [2.45, 2.75) is 0 Å². The number of carbonyl (C=O) groups is 4. The zero-order valence-corrected chi connectivity index (χ0v) is 11.4. The molecule has 0 heterocycles. The number of benzene rings is 2. The van der Waals surface area contributed by atoms with Crippen molar-refractivity contribution in [3.05, 3.63) is 52.6 Å². The molecule has 0 aliphatic heterocycles. The van der Waals surface area contributed by atoms with Crippen molar-refractivity contribution < 1.29 is 19.2 Å². The minimum Gasteiger partial charge on any atom is -0.398 e. The van der Waals surface area contributed by atoms with E-state index >= 15 is 0 Å². The molecule has 0 spiro atoms. The Morgan fingerprint density at radius 2 is 1.18 bits per heavy atom. The average Bonchev–Trinajstić information content (AvgIpc) is 2.56. The highest BCUT2D eigenvalue weighted by Gasteiger charge is 2.21. The minimum atomic E-state index is -0.187. The van der Waals surface area contributed by atoms with Crippen LogP contribution < -0.4 is 11.1 Å². The fourth-order valence-corrected chi connectivity index (χ4v) is 2.15. The second kappa shape index (κ2) is 6.45. The van der Waals surface area contributed by atoms with Gasteiger partial charge in [-0.2, -0.15) is 0 Å². The first kappa shape index (κ1) is 15.1. The molecule has 22 heavy (non-hydrogen) atoms. The van der Waals surface area contributed by atoms with Gasteiger partial charge in [0.25, 0.3) is 0 Å². The lowest BCUT2D eigenvalue weighted by atomic mass is 9.95. The van der Waals surface area contributed by atoms with Gasteiger partial charge in [-0.15, -0.1) is 0 Å². The second-order valence-electron chi connectivity index (χ2n) is 4.41. The summed E-state index contributed by atoms with van der Waals surface area (Å²) < 4.78 is 0. The Kier molecular flexibility index (Phi) is 4.43. The SMILES string of the molecule is Nc1c(C=O)c(C=O)c(Nc2ccccc2)c(C=O)c1C=O. The molecule has 0 radical (unpaired) electrons. The van der Waals surface area contributed by atoms with Crippen molar-refractivity contribution in [3.63, 3.8) is 0 Å². The van der Waals surface area contributed by atoms with Gasteiger partial charge in [-0.1, -0.05) is 18.2 Å². The predicted molar refractivity (Wildman–Crippen MR) is 82.1 cm³/mol. The van der Waals surface area contributed by atoms with Gasteiger partial charge < -0.3 is 11.1 Å². The predicted octanol–water partition coefficient (Wildman–Crippen LogP) is 2.26. The summed E-state index contributed by atoms with van der Waals surface area (Å²) in [4.78, 5) is 45.1. The van der Waals surface area contributed by atoms with E-state index in [2.05, 4.69) is 5.32 Å². The molecule has 0 saturated heterocycles. The molecule has 0 aromatic heterocycles. The summed E-state index contributed by atoms with van der Waals surface area (Å²) in [5.41, 5.74) is 5.81. The van der Waals surface area contributed by atoms with Crippen LogP contribution in [0.1, 0.15) is 41.4 Å². The van der Waals surface area contributed by atoms with Crippen LogP contribution in [-0.4, -0.2) is 25.1 Å². The Morgan fingerprint density at radius 1 is 0.727 bits per heavy atom. The highest BCUT2D eigenvalue weighted by Crippen LogP contribution is 2.32. The lowest BCUT2D eigenvalue weighted by Gasteiger charge is -2.17. The molecule has 0 atom stereocenters. The highest BCUT2D eigenvalue weighted by molar-refractivity contribution is 6.12. The van der Waals surface area contributed by atoms with E-state index in [0.717, 1.165) is 0 Å². The van der Waals surface area contributed by atoms with E-state index in [1.165, 1.54) is 0 Å². The summed E-state index contributed by atoms with van der Waals surface area (Å²) in [6, 6.07) is 8.72. The van der Waals surface area contributed by atoms with Crippen molar-refractivity contribution in [2.24, 2.45) is 0 Å². The van der Waals surface area contributed by atoms with Gasteiger partial charge >= 0.3 is 0 Å². The first-order chi connectivity index (χ1) is 10.7. The summed E-state index contributed by atoms with van der Waals surface area (Å²) in [6.45, 7) is 0. The van der Waals surface area contributed by atoms with Gasteiger partial charge in [-0.25, -0.2) is 0 Å². The van der Waals surface area contributed by atoms with Gasteiger partial charge in [0.2, 0.25) is 0 Å². The van der Waals surface area contributed by atoms with Gasteiger partial charge in [0.1, 0.15) is 0 Å². The molecule has 2 rings (SSSR count). The number of nitrogens with one attached hydrogen (secondary N) is 1. The quantitative estimate of drug-likeness (QED) is 0.625. The van der Waals surface area contributed by atoms with E-state index in [1.54, 1.807) is 30.3 Å². The zero-order valence-electron chi connectivity index (χ0n) is 11.4. The van der Waals surface area contributed by atoms with E-state index in [4.69, 9.17) is 5.73 Å². The van der Waals surface area contributed by atoms with E-state index in [0.29, 0.717) is 30.8 Å². The number of rotatable bonds is 6. The molecule has 0 aliphatic carbocycles. The Labute approximate surface area is 125 Å². The van der Waals surface area contributed by atoms with Gasteiger partial charge in [-0.3, -0.25) is 19.2 Å². The number of aldehydes is 4. The van der Waals surface area contributed by atoms with Crippen molar-refractivity contribution >= 4 is 42.2 Å².